The Kier molecular flexibility index (Phi) is 3.43. The molecule has 0 aliphatic carbocycles. The van der Waals surface area contributed by atoms with Gasteiger partial charge in [0.25, 0.3) is 0 Å². The fraction of sp³-hybridized carbons (Fsp3) is 0. The summed E-state index contributed by atoms with van der Waals surface area (Å²) in [7, 11) is 0. The van der Waals surface area contributed by atoms with Crippen LogP contribution in [-0.4, -0.2) is 10.8 Å². The van der Waals surface area contributed by atoms with Crippen LogP contribution in [0.5, 0.6) is 0 Å². The summed E-state index contributed by atoms with van der Waals surface area (Å²) in [6, 6.07) is 7.32. The molecular formula is C13H6BrCl2NOS. The molecule has 0 radical (unpaired) electrons. The lowest BCUT2D eigenvalue weighted by Crippen LogP contribution is -1.98. The number of carbonyl (C=O) groups is 1. The summed E-state index contributed by atoms with van der Waals surface area (Å²) in [5.41, 5.74) is 1.94. The van der Waals surface area contributed by atoms with E-state index in [0.29, 0.717) is 19.8 Å². The van der Waals surface area contributed by atoms with Crippen LogP contribution in [-0.2, 0) is 0 Å². The first-order valence-corrected chi connectivity index (χ1v) is 7.69. The van der Waals surface area contributed by atoms with Crippen LogP contribution in [0.2, 0.25) is 8.67 Å². The molecule has 19 heavy (non-hydrogen) atoms. The van der Waals surface area contributed by atoms with Crippen LogP contribution in [0.1, 0.15) is 15.9 Å². The number of fused-ring (bicyclic) bond motifs is 1. The smallest absolute Gasteiger partial charge is 0.197 e. The zero-order valence-electron chi connectivity index (χ0n) is 9.34. The molecule has 1 N–H and O–H groups in total. The van der Waals surface area contributed by atoms with Gasteiger partial charge in [0.05, 0.1) is 9.90 Å². The topological polar surface area (TPSA) is 32.9 Å². The molecule has 0 saturated heterocycles. The summed E-state index contributed by atoms with van der Waals surface area (Å²) in [6.45, 7) is 0. The highest BCUT2D eigenvalue weighted by Gasteiger charge is 2.19. The van der Waals surface area contributed by atoms with Crippen molar-refractivity contribution < 1.29 is 4.79 Å². The van der Waals surface area contributed by atoms with E-state index in [2.05, 4.69) is 20.9 Å². The standard InChI is InChI=1S/C13H6BrCl2NOS/c14-6-1-2-7-9(5-17-10(7)3-6)12(18)8-4-11(15)19-13(8)16/h1-5,17H. The van der Waals surface area contributed by atoms with Crippen molar-refractivity contribution in [2.24, 2.45) is 0 Å². The third kappa shape index (κ3) is 2.34. The van der Waals surface area contributed by atoms with Gasteiger partial charge in [-0.2, -0.15) is 0 Å². The van der Waals surface area contributed by atoms with Gasteiger partial charge in [0.2, 0.25) is 0 Å². The number of nitrogens with one attached hydrogen (secondary N) is 1. The number of carbonyl (C=O) groups excluding carboxylic acids is 1. The van der Waals surface area contributed by atoms with E-state index < -0.39 is 0 Å². The van der Waals surface area contributed by atoms with E-state index >= 15 is 0 Å². The first-order valence-electron chi connectivity index (χ1n) is 5.32. The van der Waals surface area contributed by atoms with Crippen molar-refractivity contribution in [1.29, 1.82) is 0 Å². The van der Waals surface area contributed by atoms with E-state index in [1.807, 2.05) is 18.2 Å². The van der Waals surface area contributed by atoms with Gasteiger partial charge in [0, 0.05) is 27.1 Å². The quantitative estimate of drug-likeness (QED) is 0.587. The summed E-state index contributed by atoms with van der Waals surface area (Å²) in [6.07, 6.45) is 1.70. The average Bonchev–Trinajstić information content (AvgIpc) is 2.91. The van der Waals surface area contributed by atoms with Gasteiger partial charge in [-0.15, -0.1) is 11.3 Å². The van der Waals surface area contributed by atoms with Crippen LogP contribution in [0, 0.1) is 0 Å². The summed E-state index contributed by atoms with van der Waals surface area (Å²) in [5.74, 6) is -0.123. The number of H-pyrrole nitrogens is 1. The van der Waals surface area contributed by atoms with Gasteiger partial charge < -0.3 is 4.98 Å². The number of thiophene rings is 1. The van der Waals surface area contributed by atoms with Crippen molar-refractivity contribution in [2.45, 2.75) is 0 Å². The van der Waals surface area contributed by atoms with Crippen molar-refractivity contribution >= 4 is 67.2 Å². The van der Waals surface area contributed by atoms with Crippen molar-refractivity contribution in [1.82, 2.24) is 4.98 Å². The average molecular weight is 375 g/mol. The maximum Gasteiger partial charge on any atom is 0.197 e. The van der Waals surface area contributed by atoms with E-state index in [-0.39, 0.29) is 5.78 Å². The maximum atomic E-state index is 12.5. The number of aromatic amines is 1. The maximum absolute atomic E-state index is 12.5. The van der Waals surface area contributed by atoms with Crippen LogP contribution < -0.4 is 0 Å². The molecule has 6 heteroatoms. The van der Waals surface area contributed by atoms with Crippen molar-refractivity contribution in [2.75, 3.05) is 0 Å². The minimum Gasteiger partial charge on any atom is -0.360 e. The summed E-state index contributed by atoms with van der Waals surface area (Å²) in [5, 5.41) is 0.867. The molecule has 2 nitrogen and oxygen atoms in total. The zero-order chi connectivity index (χ0) is 13.6. The number of ketones is 1. The van der Waals surface area contributed by atoms with E-state index in [9.17, 15) is 4.79 Å². The highest BCUT2D eigenvalue weighted by Crippen LogP contribution is 2.34. The predicted octanol–water partition coefficient (Wildman–Crippen LogP) is 5.53. The third-order valence-electron chi connectivity index (χ3n) is 2.79. The fourth-order valence-electron chi connectivity index (χ4n) is 1.93. The highest BCUT2D eigenvalue weighted by atomic mass is 79.9. The molecule has 96 valence electrons. The number of aromatic nitrogens is 1. The van der Waals surface area contributed by atoms with Crippen molar-refractivity contribution in [3.63, 3.8) is 0 Å². The number of hydrogen-bond donors (Lipinski definition) is 1. The Bertz CT molecular complexity index is 793. The fourth-order valence-corrected chi connectivity index (χ4v) is 3.75. The summed E-state index contributed by atoms with van der Waals surface area (Å²) >= 11 is 16.5. The minimum absolute atomic E-state index is 0.123. The Balaban J connectivity index is 2.14. The Labute approximate surface area is 131 Å². The van der Waals surface area contributed by atoms with Gasteiger partial charge in [-0.1, -0.05) is 45.2 Å². The molecule has 0 aliphatic heterocycles. The molecule has 3 rings (SSSR count). The first-order chi connectivity index (χ1) is 9.06. The summed E-state index contributed by atoms with van der Waals surface area (Å²) < 4.78 is 1.88. The van der Waals surface area contributed by atoms with Crippen LogP contribution in [0.15, 0.2) is 34.9 Å². The van der Waals surface area contributed by atoms with Gasteiger partial charge in [-0.3, -0.25) is 4.79 Å². The van der Waals surface area contributed by atoms with E-state index in [4.69, 9.17) is 23.2 Å². The lowest BCUT2D eigenvalue weighted by molar-refractivity contribution is 0.104. The van der Waals surface area contributed by atoms with Gasteiger partial charge in [-0.25, -0.2) is 0 Å². The van der Waals surface area contributed by atoms with Crippen LogP contribution >= 0.6 is 50.5 Å². The number of halogens is 3. The second kappa shape index (κ2) is 4.94. The predicted molar refractivity (Wildman–Crippen MR) is 83.8 cm³/mol. The second-order valence-electron chi connectivity index (χ2n) is 3.96. The van der Waals surface area contributed by atoms with Crippen molar-refractivity contribution in [3.8, 4) is 0 Å². The first kappa shape index (κ1) is 13.2. The normalized spacial score (nSPS) is 11.1. The third-order valence-corrected chi connectivity index (χ3v) is 4.77. The zero-order valence-corrected chi connectivity index (χ0v) is 13.3. The minimum atomic E-state index is -0.123. The molecule has 2 heterocycles. The molecule has 0 atom stereocenters. The Morgan fingerprint density at radius 3 is 2.68 bits per heavy atom. The molecule has 0 amide bonds. The number of benzene rings is 1. The highest BCUT2D eigenvalue weighted by molar-refractivity contribution is 9.10. The van der Waals surface area contributed by atoms with E-state index in [1.165, 1.54) is 11.3 Å². The Morgan fingerprint density at radius 2 is 2.00 bits per heavy atom. The molecule has 0 aliphatic rings. The molecule has 3 aromatic rings. The summed E-state index contributed by atoms with van der Waals surface area (Å²) in [4.78, 5) is 15.6. The second-order valence-corrected chi connectivity index (χ2v) is 7.16. The van der Waals surface area contributed by atoms with Gasteiger partial charge in [-0.05, 0) is 18.2 Å². The largest absolute Gasteiger partial charge is 0.360 e. The monoisotopic (exact) mass is 373 g/mol. The van der Waals surface area contributed by atoms with Crippen LogP contribution in [0.4, 0.5) is 0 Å². The molecule has 0 spiro atoms. The molecular weight excluding hydrogens is 369 g/mol. The lowest BCUT2D eigenvalue weighted by Gasteiger charge is -1.98. The van der Waals surface area contributed by atoms with Crippen LogP contribution in [0.25, 0.3) is 10.9 Å². The number of rotatable bonds is 2. The Hall–Kier alpha value is -0.810. The van der Waals surface area contributed by atoms with Gasteiger partial charge in [0.1, 0.15) is 4.34 Å². The molecule has 1 aromatic carbocycles. The van der Waals surface area contributed by atoms with Crippen molar-refractivity contribution in [3.05, 3.63) is 54.7 Å². The molecule has 0 saturated carbocycles. The SMILES string of the molecule is O=C(c1cc(Cl)sc1Cl)c1c[nH]c2cc(Br)ccc12. The van der Waals surface area contributed by atoms with Gasteiger partial charge in [0.15, 0.2) is 5.78 Å². The number of hydrogen-bond acceptors (Lipinski definition) is 2. The lowest BCUT2D eigenvalue weighted by atomic mass is 10.1. The van der Waals surface area contributed by atoms with E-state index in [0.717, 1.165) is 15.4 Å². The van der Waals surface area contributed by atoms with Crippen LogP contribution in [0.3, 0.4) is 0 Å². The molecule has 2 aromatic heterocycles. The Morgan fingerprint density at radius 1 is 1.21 bits per heavy atom. The van der Waals surface area contributed by atoms with E-state index in [1.54, 1.807) is 12.3 Å². The van der Waals surface area contributed by atoms with Gasteiger partial charge >= 0.3 is 0 Å². The molecule has 0 bridgehead atoms. The molecule has 0 fully saturated rings. The molecule has 0 unspecified atom stereocenters.